The normalized spacial score (nSPS) is 27.8. The number of carbonyl (C=O) groups excluding carboxylic acids is 1. The van der Waals surface area contributed by atoms with Crippen molar-refractivity contribution < 1.29 is 45.7 Å². The number of anilines is 1. The molecule has 226 valence electrons. The third kappa shape index (κ3) is 6.28. The summed E-state index contributed by atoms with van der Waals surface area (Å²) in [6, 6.07) is 6.37. The lowest BCUT2D eigenvalue weighted by molar-refractivity contribution is -0.177. The summed E-state index contributed by atoms with van der Waals surface area (Å²) < 4.78 is 79.3. The molecule has 2 aliphatic carbocycles. The number of aliphatic hydroxyl groups excluding tert-OH is 2. The minimum absolute atomic E-state index is 0.0436. The van der Waals surface area contributed by atoms with Gasteiger partial charge in [0, 0.05) is 23.9 Å². The zero-order valence-electron chi connectivity index (χ0n) is 22.1. The number of nitrogens with one attached hydrogen (secondary N) is 2. The lowest BCUT2D eigenvalue weighted by atomic mass is 9.69. The van der Waals surface area contributed by atoms with Gasteiger partial charge in [-0.3, -0.25) is 4.79 Å². The summed E-state index contributed by atoms with van der Waals surface area (Å²) in [5, 5.41) is 34.2. The highest BCUT2D eigenvalue weighted by molar-refractivity contribution is 7.92. The van der Waals surface area contributed by atoms with Gasteiger partial charge in [0.05, 0.1) is 33.1 Å². The monoisotopic (exact) mass is 636 g/mol. The number of halogens is 3. The summed E-state index contributed by atoms with van der Waals surface area (Å²) in [6.45, 7) is 1.27. The van der Waals surface area contributed by atoms with E-state index in [9.17, 15) is 45.7 Å². The molecule has 4 rings (SSSR count). The molecule has 0 aromatic heterocycles. The van der Waals surface area contributed by atoms with Crippen molar-refractivity contribution in [3.63, 3.8) is 0 Å². The first-order chi connectivity index (χ1) is 18.9. The number of aliphatic hydroxyl groups is 3. The van der Waals surface area contributed by atoms with Gasteiger partial charge in [0.25, 0.3) is 5.91 Å². The molecule has 0 radical (unpaired) electrons. The van der Waals surface area contributed by atoms with Gasteiger partial charge in [0.1, 0.15) is 6.10 Å². The van der Waals surface area contributed by atoms with E-state index in [0.29, 0.717) is 6.42 Å². The molecule has 1 amide bonds. The lowest BCUT2D eigenvalue weighted by Gasteiger charge is -2.47. The molecule has 7 atom stereocenters. The molecule has 2 saturated carbocycles. The van der Waals surface area contributed by atoms with Gasteiger partial charge >= 0.3 is 0 Å². The maximum Gasteiger partial charge on any atom is 0.255 e. The van der Waals surface area contributed by atoms with E-state index >= 15 is 0 Å². The van der Waals surface area contributed by atoms with Crippen LogP contribution in [0, 0.1) is 29.4 Å². The Bertz CT molecular complexity index is 1560. The third-order valence-corrected chi connectivity index (χ3v) is 11.5. The predicted molar refractivity (Wildman–Crippen MR) is 147 cm³/mol. The number of sulfonamides is 1. The van der Waals surface area contributed by atoms with E-state index in [-0.39, 0.29) is 39.9 Å². The van der Waals surface area contributed by atoms with Gasteiger partial charge in [0.15, 0.2) is 21.5 Å². The van der Waals surface area contributed by atoms with Gasteiger partial charge in [-0.25, -0.2) is 30.3 Å². The van der Waals surface area contributed by atoms with Crippen molar-refractivity contribution in [2.45, 2.75) is 54.1 Å². The van der Waals surface area contributed by atoms with E-state index in [1.54, 1.807) is 6.92 Å². The van der Waals surface area contributed by atoms with Gasteiger partial charge in [-0.05, 0) is 67.3 Å². The summed E-state index contributed by atoms with van der Waals surface area (Å²) in [4.78, 5) is 12.5. The van der Waals surface area contributed by atoms with E-state index in [1.165, 1.54) is 12.1 Å². The highest BCUT2D eigenvalue weighted by Gasteiger charge is 2.62. The Kier molecular flexibility index (Phi) is 8.88. The molecule has 2 aromatic rings. The number of fused-ring (bicyclic) bond motifs is 2. The standard InChI is InChI=1S/C26H31ClF2N2O8S2/c1-13-7-15-9-17(11-18(13)26(15,35)24(33)22(32)12-30-40(2,36)37)41(38,39)23-8-14(3-5-19(23)27)25(34)31-16-4-6-20(28)21(29)10-16/h3-6,8,10,13,15,17-18,22,24,30,32-33,35H,7,9,11-12H2,1-2H3,(H,31,34)/t13-,15?,17+,18+,22?,24?,26-/m0/s1. The highest BCUT2D eigenvalue weighted by atomic mass is 35.5. The van der Waals surface area contributed by atoms with Crippen molar-refractivity contribution in [3.05, 3.63) is 58.6 Å². The van der Waals surface area contributed by atoms with E-state index in [0.717, 1.165) is 30.5 Å². The fraction of sp³-hybridized carbons (Fsp3) is 0.500. The molecule has 2 aliphatic rings. The fourth-order valence-electron chi connectivity index (χ4n) is 6.15. The van der Waals surface area contributed by atoms with Crippen LogP contribution >= 0.6 is 11.6 Å². The highest BCUT2D eigenvalue weighted by Crippen LogP contribution is 2.56. The van der Waals surface area contributed by atoms with Gasteiger partial charge in [-0.2, -0.15) is 0 Å². The van der Waals surface area contributed by atoms with Crippen molar-refractivity contribution in [2.24, 2.45) is 17.8 Å². The number of amides is 1. The Morgan fingerprint density at radius 3 is 2.37 bits per heavy atom. The Labute approximate surface area is 241 Å². The Morgan fingerprint density at radius 1 is 1.07 bits per heavy atom. The van der Waals surface area contributed by atoms with E-state index < -0.39 is 78.8 Å². The number of benzene rings is 2. The lowest BCUT2D eigenvalue weighted by Crippen LogP contribution is -2.61. The Balaban J connectivity index is 1.57. The summed E-state index contributed by atoms with van der Waals surface area (Å²) in [6.07, 6.45) is -2.30. The van der Waals surface area contributed by atoms with Crippen LogP contribution in [0.2, 0.25) is 5.02 Å². The van der Waals surface area contributed by atoms with Crippen LogP contribution in [0.15, 0.2) is 41.3 Å². The van der Waals surface area contributed by atoms with Gasteiger partial charge < -0.3 is 20.6 Å². The van der Waals surface area contributed by atoms with Crippen molar-refractivity contribution >= 4 is 43.1 Å². The molecular weight excluding hydrogens is 606 g/mol. The Morgan fingerprint density at radius 2 is 1.76 bits per heavy atom. The number of carbonyl (C=O) groups is 1. The fourth-order valence-corrected chi connectivity index (χ4v) is 9.00. The van der Waals surface area contributed by atoms with Crippen molar-refractivity contribution in [2.75, 3.05) is 18.1 Å². The maximum atomic E-state index is 13.8. The Hall–Kier alpha value is -2.20. The van der Waals surface area contributed by atoms with E-state index in [1.807, 2.05) is 0 Å². The number of hydrogen-bond donors (Lipinski definition) is 5. The first-order valence-corrected chi connectivity index (χ1v) is 16.6. The van der Waals surface area contributed by atoms with Crippen molar-refractivity contribution in [1.29, 1.82) is 0 Å². The molecule has 3 unspecified atom stereocenters. The molecule has 2 aromatic carbocycles. The van der Waals surface area contributed by atoms with Crippen LogP contribution in [0.4, 0.5) is 14.5 Å². The minimum atomic E-state index is -4.18. The topological polar surface area (TPSA) is 170 Å². The zero-order chi connectivity index (χ0) is 30.5. The second kappa shape index (κ2) is 11.5. The molecule has 0 aliphatic heterocycles. The molecular formula is C26H31ClF2N2O8S2. The van der Waals surface area contributed by atoms with Crippen LogP contribution in [0.1, 0.15) is 36.5 Å². The molecule has 0 heterocycles. The first kappa shape index (κ1) is 31.7. The average molecular weight is 637 g/mol. The molecule has 41 heavy (non-hydrogen) atoms. The quantitative estimate of drug-likeness (QED) is 0.279. The van der Waals surface area contributed by atoms with Crippen LogP contribution in [-0.4, -0.2) is 73.9 Å². The number of rotatable bonds is 9. The number of hydrogen-bond acceptors (Lipinski definition) is 8. The van der Waals surface area contributed by atoms with Gasteiger partial charge in [0.2, 0.25) is 10.0 Å². The first-order valence-electron chi connectivity index (χ1n) is 12.8. The SMILES string of the molecule is C[C@H]1CC2C[C@@H](S(=O)(=O)c3cc(C(=O)Nc4ccc(F)c(F)c4)ccc3Cl)C[C@H]1[C@]2(O)C(O)C(O)CNS(C)(=O)=O. The summed E-state index contributed by atoms with van der Waals surface area (Å²) in [5.41, 5.74) is -2.00. The van der Waals surface area contributed by atoms with E-state index in [2.05, 4.69) is 10.0 Å². The molecule has 2 bridgehead atoms. The number of sulfone groups is 1. The summed E-state index contributed by atoms with van der Waals surface area (Å²) in [5.74, 6) is -4.76. The molecule has 0 saturated heterocycles. The predicted octanol–water partition coefficient (Wildman–Crippen LogP) is 2.08. The van der Waals surface area contributed by atoms with Crippen LogP contribution in [0.5, 0.6) is 0 Å². The second-order valence-electron chi connectivity index (χ2n) is 10.9. The largest absolute Gasteiger partial charge is 0.389 e. The minimum Gasteiger partial charge on any atom is -0.389 e. The second-order valence-corrected chi connectivity index (χ2v) is 15.3. The summed E-state index contributed by atoms with van der Waals surface area (Å²) in [7, 11) is -7.85. The van der Waals surface area contributed by atoms with Crippen LogP contribution in [0.25, 0.3) is 0 Å². The zero-order valence-corrected chi connectivity index (χ0v) is 24.5. The van der Waals surface area contributed by atoms with Crippen LogP contribution < -0.4 is 10.0 Å². The maximum absolute atomic E-state index is 13.8. The van der Waals surface area contributed by atoms with Crippen molar-refractivity contribution in [1.82, 2.24) is 4.72 Å². The molecule has 5 N–H and O–H groups in total. The van der Waals surface area contributed by atoms with Crippen molar-refractivity contribution in [3.8, 4) is 0 Å². The summed E-state index contributed by atoms with van der Waals surface area (Å²) >= 11 is 6.26. The van der Waals surface area contributed by atoms with E-state index in [4.69, 9.17) is 11.6 Å². The third-order valence-electron chi connectivity index (χ3n) is 8.16. The molecule has 0 spiro atoms. The van der Waals surface area contributed by atoms with Gasteiger partial charge in [-0.15, -0.1) is 0 Å². The average Bonchev–Trinajstić information content (AvgIpc) is 3.01. The molecule has 15 heteroatoms. The van der Waals surface area contributed by atoms with Crippen LogP contribution in [0.3, 0.4) is 0 Å². The molecule has 2 fully saturated rings. The van der Waals surface area contributed by atoms with Crippen LogP contribution in [-0.2, 0) is 19.9 Å². The smallest absolute Gasteiger partial charge is 0.255 e. The molecule has 10 nitrogen and oxygen atoms in total. The van der Waals surface area contributed by atoms with Gasteiger partial charge in [-0.1, -0.05) is 18.5 Å².